The van der Waals surface area contributed by atoms with E-state index in [2.05, 4.69) is 10.4 Å². The second kappa shape index (κ2) is 5.26. The van der Waals surface area contributed by atoms with Crippen LogP contribution >= 0.6 is 0 Å². The fraction of sp³-hybridized carbons (Fsp3) is 0.643. The Morgan fingerprint density at radius 2 is 2.10 bits per heavy atom. The predicted octanol–water partition coefficient (Wildman–Crippen LogP) is 0.683. The summed E-state index contributed by atoms with van der Waals surface area (Å²) in [6.07, 6.45) is 3.98. The van der Waals surface area contributed by atoms with Gasteiger partial charge in [0.1, 0.15) is 6.04 Å². The number of aromatic nitrogens is 2. The van der Waals surface area contributed by atoms with Gasteiger partial charge in [-0.15, -0.1) is 0 Å². The molecule has 110 valence electrons. The minimum Gasteiger partial charge on any atom is -0.344 e. The molecule has 20 heavy (non-hydrogen) atoms. The van der Waals surface area contributed by atoms with E-state index in [1.165, 1.54) is 0 Å². The van der Waals surface area contributed by atoms with Crippen LogP contribution in [0.3, 0.4) is 0 Å². The fourth-order valence-electron chi connectivity index (χ4n) is 2.34. The summed E-state index contributed by atoms with van der Waals surface area (Å²) in [7, 11) is 1.84. The Morgan fingerprint density at radius 1 is 1.40 bits per heavy atom. The van der Waals surface area contributed by atoms with E-state index >= 15 is 0 Å². The zero-order valence-electron chi connectivity index (χ0n) is 12.5. The molecule has 2 heterocycles. The Bertz CT molecular complexity index is 515. The highest BCUT2D eigenvalue weighted by Gasteiger charge is 2.37. The molecule has 1 unspecified atom stereocenters. The van der Waals surface area contributed by atoms with Gasteiger partial charge in [-0.2, -0.15) is 5.10 Å². The Morgan fingerprint density at radius 3 is 2.65 bits per heavy atom. The molecule has 0 saturated carbocycles. The number of amides is 2. The molecule has 6 nitrogen and oxygen atoms in total. The van der Waals surface area contributed by atoms with Gasteiger partial charge >= 0.3 is 0 Å². The molecule has 2 amide bonds. The molecule has 1 aliphatic heterocycles. The predicted molar refractivity (Wildman–Crippen MR) is 74.6 cm³/mol. The summed E-state index contributed by atoms with van der Waals surface area (Å²) in [5, 5.41) is 6.95. The third-order valence-corrected chi connectivity index (χ3v) is 3.47. The molecule has 1 saturated heterocycles. The van der Waals surface area contributed by atoms with E-state index in [0.29, 0.717) is 19.5 Å². The van der Waals surface area contributed by atoms with Crippen molar-refractivity contribution >= 4 is 11.8 Å². The van der Waals surface area contributed by atoms with Crippen molar-refractivity contribution in [3.8, 4) is 0 Å². The van der Waals surface area contributed by atoms with Crippen molar-refractivity contribution in [2.45, 2.75) is 39.8 Å². The van der Waals surface area contributed by atoms with Crippen LogP contribution in [0.1, 0.15) is 32.8 Å². The number of hydrogen-bond acceptors (Lipinski definition) is 3. The Balaban J connectivity index is 2.19. The van der Waals surface area contributed by atoms with Gasteiger partial charge in [-0.1, -0.05) is 20.8 Å². The largest absolute Gasteiger partial charge is 0.344 e. The molecule has 2 rings (SSSR count). The number of carbonyl (C=O) groups is 2. The summed E-state index contributed by atoms with van der Waals surface area (Å²) in [6.45, 7) is 6.83. The third kappa shape index (κ3) is 3.18. The molecule has 0 radical (unpaired) electrons. The zero-order chi connectivity index (χ0) is 14.9. The van der Waals surface area contributed by atoms with Crippen molar-refractivity contribution in [3.05, 3.63) is 18.0 Å². The summed E-state index contributed by atoms with van der Waals surface area (Å²) in [4.78, 5) is 26.2. The average Bonchev–Trinajstić information content (AvgIpc) is 2.68. The fourth-order valence-corrected chi connectivity index (χ4v) is 2.34. The molecular weight excluding hydrogens is 256 g/mol. The van der Waals surface area contributed by atoms with E-state index in [-0.39, 0.29) is 17.2 Å². The second-order valence-electron chi connectivity index (χ2n) is 6.40. The number of carbonyl (C=O) groups excluding carboxylic acids is 2. The smallest absolute Gasteiger partial charge is 0.246 e. The van der Waals surface area contributed by atoms with Crippen molar-refractivity contribution in [1.29, 1.82) is 0 Å². The van der Waals surface area contributed by atoms with Gasteiger partial charge in [-0.05, 0) is 5.41 Å². The van der Waals surface area contributed by atoms with Crippen LogP contribution in [0.15, 0.2) is 12.4 Å². The van der Waals surface area contributed by atoms with Crippen molar-refractivity contribution in [3.63, 3.8) is 0 Å². The van der Waals surface area contributed by atoms with Gasteiger partial charge in [0.15, 0.2) is 0 Å². The van der Waals surface area contributed by atoms with Crippen molar-refractivity contribution < 1.29 is 9.59 Å². The first kappa shape index (κ1) is 14.6. The number of rotatable bonds is 2. The number of nitrogens with zero attached hydrogens (tertiary/aromatic N) is 3. The van der Waals surface area contributed by atoms with Gasteiger partial charge in [0, 0.05) is 38.3 Å². The molecule has 1 aromatic rings. The minimum absolute atomic E-state index is 0.0211. The maximum Gasteiger partial charge on any atom is 0.246 e. The molecule has 1 atom stereocenters. The number of hydrogen-bond donors (Lipinski definition) is 1. The van der Waals surface area contributed by atoms with Gasteiger partial charge in [0.2, 0.25) is 11.8 Å². The molecule has 1 N–H and O–H groups in total. The molecule has 0 aromatic carbocycles. The normalized spacial score (nSPS) is 20.8. The first-order chi connectivity index (χ1) is 9.27. The summed E-state index contributed by atoms with van der Waals surface area (Å²) >= 11 is 0. The standard InChI is InChI=1S/C14H22N4O2/c1-14(2,3)12-13(20)18(6-5-11(19)16-12)9-10-7-15-17(4)8-10/h7-8,12H,5-6,9H2,1-4H3,(H,16,19). The van der Waals surface area contributed by atoms with E-state index in [1.807, 2.05) is 34.0 Å². The van der Waals surface area contributed by atoms with Crippen LogP contribution < -0.4 is 5.32 Å². The van der Waals surface area contributed by atoms with Crippen LogP contribution in [-0.4, -0.2) is 39.1 Å². The second-order valence-corrected chi connectivity index (χ2v) is 6.40. The van der Waals surface area contributed by atoms with Crippen molar-refractivity contribution in [2.24, 2.45) is 12.5 Å². The van der Waals surface area contributed by atoms with Crippen LogP contribution in [0, 0.1) is 5.41 Å². The Labute approximate surface area is 119 Å². The Hall–Kier alpha value is -1.85. The lowest BCUT2D eigenvalue weighted by molar-refractivity contribution is -0.136. The molecular formula is C14H22N4O2. The maximum absolute atomic E-state index is 12.6. The molecule has 1 fully saturated rings. The average molecular weight is 278 g/mol. The lowest BCUT2D eigenvalue weighted by atomic mass is 9.86. The van der Waals surface area contributed by atoms with Crippen LogP contribution in [0.4, 0.5) is 0 Å². The first-order valence-electron chi connectivity index (χ1n) is 6.83. The molecule has 0 aliphatic carbocycles. The minimum atomic E-state index is -0.478. The van der Waals surface area contributed by atoms with E-state index in [4.69, 9.17) is 0 Å². The van der Waals surface area contributed by atoms with Gasteiger partial charge in [-0.3, -0.25) is 14.3 Å². The molecule has 1 aromatic heterocycles. The molecule has 1 aliphatic rings. The quantitative estimate of drug-likeness (QED) is 0.865. The van der Waals surface area contributed by atoms with E-state index in [1.54, 1.807) is 15.8 Å². The lowest BCUT2D eigenvalue weighted by Crippen LogP contribution is -2.51. The summed E-state index contributed by atoms with van der Waals surface area (Å²) in [5.41, 5.74) is 0.674. The van der Waals surface area contributed by atoms with Crippen LogP contribution in [-0.2, 0) is 23.2 Å². The number of nitrogens with one attached hydrogen (secondary N) is 1. The summed E-state index contributed by atoms with van der Waals surface area (Å²) < 4.78 is 1.71. The third-order valence-electron chi connectivity index (χ3n) is 3.47. The maximum atomic E-state index is 12.6. The highest BCUT2D eigenvalue weighted by molar-refractivity contribution is 5.90. The molecule has 0 bridgehead atoms. The van der Waals surface area contributed by atoms with Gasteiger partial charge in [0.05, 0.1) is 6.20 Å². The summed E-state index contributed by atoms with van der Waals surface area (Å²) in [5.74, 6) is -0.0841. The van der Waals surface area contributed by atoms with E-state index < -0.39 is 6.04 Å². The molecule has 0 spiro atoms. The van der Waals surface area contributed by atoms with Gasteiger partial charge < -0.3 is 10.2 Å². The van der Waals surface area contributed by atoms with Crippen molar-refractivity contribution in [2.75, 3.05) is 6.54 Å². The highest BCUT2D eigenvalue weighted by atomic mass is 16.2. The van der Waals surface area contributed by atoms with Crippen LogP contribution in [0.5, 0.6) is 0 Å². The number of aryl methyl sites for hydroxylation is 1. The monoisotopic (exact) mass is 278 g/mol. The van der Waals surface area contributed by atoms with Crippen LogP contribution in [0.2, 0.25) is 0 Å². The van der Waals surface area contributed by atoms with Gasteiger partial charge in [0.25, 0.3) is 0 Å². The lowest BCUT2D eigenvalue weighted by Gasteiger charge is -2.32. The van der Waals surface area contributed by atoms with Crippen LogP contribution in [0.25, 0.3) is 0 Å². The first-order valence-corrected chi connectivity index (χ1v) is 6.83. The van der Waals surface area contributed by atoms with Crippen molar-refractivity contribution in [1.82, 2.24) is 20.0 Å². The van der Waals surface area contributed by atoms with E-state index in [9.17, 15) is 9.59 Å². The Kier molecular flexibility index (Phi) is 3.83. The highest BCUT2D eigenvalue weighted by Crippen LogP contribution is 2.23. The topological polar surface area (TPSA) is 67.2 Å². The zero-order valence-corrected chi connectivity index (χ0v) is 12.5. The molecule has 6 heteroatoms. The van der Waals surface area contributed by atoms with E-state index in [0.717, 1.165) is 5.56 Å². The summed E-state index contributed by atoms with van der Waals surface area (Å²) in [6, 6.07) is -0.478. The SMILES string of the molecule is Cn1cc(CN2CCC(=O)NC(C(C)(C)C)C2=O)cn1. The van der Waals surface area contributed by atoms with Gasteiger partial charge in [-0.25, -0.2) is 0 Å².